The van der Waals surface area contributed by atoms with Gasteiger partial charge in [0.2, 0.25) is 17.7 Å². The Morgan fingerprint density at radius 2 is 1.66 bits per heavy atom. The first kappa shape index (κ1) is 21.7. The first-order chi connectivity index (χ1) is 14.0. The highest BCUT2D eigenvalue weighted by atomic mass is 16.5. The van der Waals surface area contributed by atoms with Gasteiger partial charge in [0, 0.05) is 58.5 Å². The van der Waals surface area contributed by atoms with Crippen LogP contribution in [-0.2, 0) is 22.6 Å². The summed E-state index contributed by atoms with van der Waals surface area (Å²) < 4.78 is 5.34. The van der Waals surface area contributed by atoms with Crippen LogP contribution in [0.2, 0.25) is 0 Å². The highest BCUT2D eigenvalue weighted by Gasteiger charge is 2.23. The molecule has 3 rings (SSSR count). The molecule has 0 bridgehead atoms. The van der Waals surface area contributed by atoms with Crippen molar-refractivity contribution in [1.29, 1.82) is 0 Å². The maximum atomic E-state index is 12.3. The molecule has 0 saturated carbocycles. The molecule has 2 aliphatic heterocycles. The number of aryl methyl sites for hydroxylation is 1. The van der Waals surface area contributed by atoms with Crippen LogP contribution in [-0.4, -0.2) is 75.9 Å². The third kappa shape index (κ3) is 6.52. The molecule has 1 aromatic rings. The summed E-state index contributed by atoms with van der Waals surface area (Å²) in [7, 11) is 0. The zero-order chi connectivity index (χ0) is 20.6. The van der Waals surface area contributed by atoms with Gasteiger partial charge in [0.15, 0.2) is 5.82 Å². The van der Waals surface area contributed by atoms with Crippen molar-refractivity contribution in [3.8, 4) is 0 Å². The molecule has 8 nitrogen and oxygen atoms in total. The molecule has 0 unspecified atom stereocenters. The molecule has 0 atom stereocenters. The van der Waals surface area contributed by atoms with Crippen LogP contribution in [0, 0.1) is 5.92 Å². The Labute approximate surface area is 173 Å². The summed E-state index contributed by atoms with van der Waals surface area (Å²) in [5.41, 5.74) is 0. The number of carbonyl (C=O) groups is 2. The highest BCUT2D eigenvalue weighted by Crippen LogP contribution is 2.17. The summed E-state index contributed by atoms with van der Waals surface area (Å²) in [5.74, 6) is 2.35. The first-order valence-corrected chi connectivity index (χ1v) is 11.1. The van der Waals surface area contributed by atoms with Crippen LogP contribution in [0.15, 0.2) is 4.52 Å². The Morgan fingerprint density at radius 1 is 1.00 bits per heavy atom. The van der Waals surface area contributed by atoms with E-state index in [2.05, 4.69) is 28.9 Å². The number of unbranched alkanes of at least 4 members (excludes halogenated alkanes) is 1. The number of piperazine rings is 1. The van der Waals surface area contributed by atoms with Crippen LogP contribution in [0.3, 0.4) is 0 Å². The molecule has 8 heteroatoms. The molecule has 29 heavy (non-hydrogen) atoms. The van der Waals surface area contributed by atoms with Gasteiger partial charge in [-0.2, -0.15) is 4.98 Å². The van der Waals surface area contributed by atoms with Crippen LogP contribution in [0.4, 0.5) is 0 Å². The number of hydrogen-bond donors (Lipinski definition) is 0. The number of hydrogen-bond acceptors (Lipinski definition) is 6. The predicted molar refractivity (Wildman–Crippen MR) is 109 cm³/mol. The Kier molecular flexibility index (Phi) is 8.03. The summed E-state index contributed by atoms with van der Waals surface area (Å²) in [6.45, 7) is 9.87. The van der Waals surface area contributed by atoms with E-state index < -0.39 is 0 Å². The minimum Gasteiger partial charge on any atom is -0.343 e. The van der Waals surface area contributed by atoms with Gasteiger partial charge < -0.3 is 14.3 Å². The lowest BCUT2D eigenvalue weighted by molar-refractivity contribution is -0.133. The van der Waals surface area contributed by atoms with E-state index in [9.17, 15) is 9.59 Å². The maximum absolute atomic E-state index is 12.3. The van der Waals surface area contributed by atoms with Crippen LogP contribution < -0.4 is 0 Å². The fourth-order valence-electron chi connectivity index (χ4n) is 3.93. The van der Waals surface area contributed by atoms with E-state index in [4.69, 9.17) is 4.52 Å². The number of nitrogens with zero attached hydrogens (tertiary/aromatic N) is 5. The second kappa shape index (κ2) is 10.7. The normalized spacial score (nSPS) is 19.0. The minimum atomic E-state index is 0.181. The van der Waals surface area contributed by atoms with E-state index in [1.165, 1.54) is 0 Å². The van der Waals surface area contributed by atoms with Crippen LogP contribution in [0.5, 0.6) is 0 Å². The van der Waals surface area contributed by atoms with Crippen molar-refractivity contribution in [2.75, 3.05) is 39.3 Å². The van der Waals surface area contributed by atoms with Crippen LogP contribution in [0.25, 0.3) is 0 Å². The topological polar surface area (TPSA) is 82.8 Å². The largest absolute Gasteiger partial charge is 0.343 e. The molecule has 0 radical (unpaired) electrons. The number of aromatic nitrogens is 2. The lowest BCUT2D eigenvalue weighted by Crippen LogP contribution is -2.48. The van der Waals surface area contributed by atoms with E-state index >= 15 is 0 Å². The van der Waals surface area contributed by atoms with Gasteiger partial charge in [-0.1, -0.05) is 25.4 Å². The average Bonchev–Trinajstić information content (AvgIpc) is 3.18. The second-order valence-corrected chi connectivity index (χ2v) is 8.43. The van der Waals surface area contributed by atoms with Gasteiger partial charge >= 0.3 is 0 Å². The number of rotatable bonds is 8. The third-order valence-corrected chi connectivity index (χ3v) is 6.03. The van der Waals surface area contributed by atoms with Gasteiger partial charge in [0.05, 0.1) is 6.54 Å². The summed E-state index contributed by atoms with van der Waals surface area (Å²) in [6.07, 6.45) is 5.77. The molecule has 2 saturated heterocycles. The van der Waals surface area contributed by atoms with E-state index in [1.54, 1.807) is 0 Å². The van der Waals surface area contributed by atoms with Crippen LogP contribution >= 0.6 is 0 Å². The minimum absolute atomic E-state index is 0.181. The molecule has 0 spiro atoms. The number of piperidine rings is 1. The Hall–Kier alpha value is -1.96. The Morgan fingerprint density at radius 3 is 2.34 bits per heavy atom. The van der Waals surface area contributed by atoms with Gasteiger partial charge in [-0.15, -0.1) is 0 Å². The number of carbonyl (C=O) groups excluding carboxylic acids is 2. The Bertz CT molecular complexity index is 661. The molecule has 162 valence electrons. The van der Waals surface area contributed by atoms with E-state index in [-0.39, 0.29) is 11.8 Å². The van der Waals surface area contributed by atoms with Gasteiger partial charge in [0.25, 0.3) is 0 Å². The Balaban J connectivity index is 1.37. The van der Waals surface area contributed by atoms with Crippen molar-refractivity contribution in [2.24, 2.45) is 5.92 Å². The molecule has 0 N–H and O–H groups in total. The molecule has 2 amide bonds. The summed E-state index contributed by atoms with van der Waals surface area (Å²) >= 11 is 0. The van der Waals surface area contributed by atoms with Crippen molar-refractivity contribution >= 4 is 11.8 Å². The van der Waals surface area contributed by atoms with Gasteiger partial charge in [-0.3, -0.25) is 14.5 Å². The van der Waals surface area contributed by atoms with E-state index in [1.807, 2.05) is 9.80 Å². The predicted octanol–water partition coefficient (Wildman–Crippen LogP) is 2.10. The van der Waals surface area contributed by atoms with Gasteiger partial charge in [-0.05, 0) is 25.2 Å². The fourth-order valence-corrected chi connectivity index (χ4v) is 3.93. The lowest BCUT2D eigenvalue weighted by Gasteiger charge is -2.34. The van der Waals surface area contributed by atoms with Gasteiger partial charge in [0.1, 0.15) is 0 Å². The highest BCUT2D eigenvalue weighted by molar-refractivity contribution is 5.76. The monoisotopic (exact) mass is 405 g/mol. The van der Waals surface area contributed by atoms with E-state index in [0.717, 1.165) is 65.0 Å². The van der Waals surface area contributed by atoms with Crippen LogP contribution in [0.1, 0.15) is 64.1 Å². The lowest BCUT2D eigenvalue weighted by atomic mass is 9.99. The van der Waals surface area contributed by atoms with Gasteiger partial charge in [-0.25, -0.2) is 0 Å². The molecule has 2 aliphatic rings. The summed E-state index contributed by atoms with van der Waals surface area (Å²) in [4.78, 5) is 35.1. The SMILES string of the molecule is CCCCC(=O)N1CCN(Cc2noc(CCC(=O)N3CCC(C)CC3)n2)CC1. The van der Waals surface area contributed by atoms with Crippen molar-refractivity contribution < 1.29 is 14.1 Å². The molecule has 3 heterocycles. The zero-order valence-electron chi connectivity index (χ0n) is 17.9. The second-order valence-electron chi connectivity index (χ2n) is 8.43. The smallest absolute Gasteiger partial charge is 0.227 e. The number of amides is 2. The molecular weight excluding hydrogens is 370 g/mol. The molecule has 0 aliphatic carbocycles. The summed E-state index contributed by atoms with van der Waals surface area (Å²) in [6, 6.07) is 0. The van der Waals surface area contributed by atoms with Crippen molar-refractivity contribution in [3.05, 3.63) is 11.7 Å². The fraction of sp³-hybridized carbons (Fsp3) is 0.810. The molecule has 2 fully saturated rings. The average molecular weight is 406 g/mol. The quantitative estimate of drug-likeness (QED) is 0.659. The maximum Gasteiger partial charge on any atom is 0.227 e. The zero-order valence-corrected chi connectivity index (χ0v) is 17.9. The number of likely N-dealkylation sites (tertiary alicyclic amines) is 1. The van der Waals surface area contributed by atoms with Crippen molar-refractivity contribution in [3.63, 3.8) is 0 Å². The third-order valence-electron chi connectivity index (χ3n) is 6.03. The molecular formula is C21H35N5O3. The molecule has 0 aromatic carbocycles. The van der Waals surface area contributed by atoms with E-state index in [0.29, 0.717) is 43.4 Å². The standard InChI is InChI=1S/C21H35N5O3/c1-3-4-5-20(27)26-14-12-24(13-15-26)16-18-22-19(29-23-18)6-7-21(28)25-10-8-17(2)9-11-25/h17H,3-16H2,1-2H3. The first-order valence-electron chi connectivity index (χ1n) is 11.1. The molecule has 1 aromatic heterocycles. The van der Waals surface area contributed by atoms with Crippen molar-refractivity contribution in [2.45, 2.75) is 65.3 Å². The summed E-state index contributed by atoms with van der Waals surface area (Å²) in [5, 5.41) is 4.07. The van der Waals surface area contributed by atoms with Crippen molar-refractivity contribution in [1.82, 2.24) is 24.8 Å².